The van der Waals surface area contributed by atoms with E-state index < -0.39 is 6.04 Å². The molecule has 1 fully saturated rings. The van der Waals surface area contributed by atoms with E-state index in [1.807, 2.05) is 39.5 Å². The fraction of sp³-hybridized carbons (Fsp3) is 0.867. The second kappa shape index (κ2) is 5.93. The van der Waals surface area contributed by atoms with Gasteiger partial charge in [0.1, 0.15) is 12.1 Å². The Labute approximate surface area is 116 Å². The van der Waals surface area contributed by atoms with Crippen LogP contribution in [0.25, 0.3) is 0 Å². The molecular formula is C15H28N2O2. The molecule has 4 heteroatoms. The van der Waals surface area contributed by atoms with Crippen LogP contribution in [0.2, 0.25) is 0 Å². The highest BCUT2D eigenvalue weighted by molar-refractivity contribution is 5.97. The van der Waals surface area contributed by atoms with E-state index in [0.717, 1.165) is 19.3 Å². The predicted molar refractivity (Wildman–Crippen MR) is 76.7 cm³/mol. The largest absolute Gasteiger partial charge is 0.342 e. The molecule has 3 atom stereocenters. The summed E-state index contributed by atoms with van der Waals surface area (Å²) in [6.45, 7) is 12.1. The predicted octanol–water partition coefficient (Wildman–Crippen LogP) is 2.33. The molecule has 0 saturated carbocycles. The molecule has 110 valence electrons. The Kier molecular flexibility index (Phi) is 4.99. The summed E-state index contributed by atoms with van der Waals surface area (Å²) in [5.74, 6) is 0.0709. The lowest BCUT2D eigenvalue weighted by Crippen LogP contribution is -2.68. The van der Waals surface area contributed by atoms with Crippen molar-refractivity contribution in [2.24, 2.45) is 5.41 Å². The van der Waals surface area contributed by atoms with Gasteiger partial charge in [-0.15, -0.1) is 0 Å². The van der Waals surface area contributed by atoms with Gasteiger partial charge in [0, 0.05) is 6.04 Å². The molecule has 0 aromatic rings. The van der Waals surface area contributed by atoms with Crippen molar-refractivity contribution in [3.63, 3.8) is 0 Å². The Morgan fingerprint density at radius 3 is 2.26 bits per heavy atom. The van der Waals surface area contributed by atoms with E-state index in [1.54, 1.807) is 0 Å². The lowest BCUT2D eigenvalue weighted by Gasteiger charge is -2.45. The first-order valence-corrected chi connectivity index (χ1v) is 7.36. The third-order valence-corrected chi connectivity index (χ3v) is 3.92. The van der Waals surface area contributed by atoms with Crippen molar-refractivity contribution in [2.75, 3.05) is 0 Å². The molecule has 2 amide bonds. The average Bonchev–Trinajstić information content (AvgIpc) is 2.31. The van der Waals surface area contributed by atoms with Crippen LogP contribution in [0.3, 0.4) is 0 Å². The van der Waals surface area contributed by atoms with Crippen molar-refractivity contribution in [1.29, 1.82) is 0 Å². The maximum atomic E-state index is 12.7. The van der Waals surface area contributed by atoms with E-state index in [9.17, 15) is 9.59 Å². The molecule has 19 heavy (non-hydrogen) atoms. The molecule has 1 N–H and O–H groups in total. The van der Waals surface area contributed by atoms with E-state index in [4.69, 9.17) is 0 Å². The van der Waals surface area contributed by atoms with Gasteiger partial charge in [0.2, 0.25) is 11.8 Å². The monoisotopic (exact) mass is 268 g/mol. The van der Waals surface area contributed by atoms with Crippen LogP contribution in [-0.2, 0) is 9.59 Å². The number of hydrogen-bond donors (Lipinski definition) is 1. The molecule has 1 rings (SSSR count). The van der Waals surface area contributed by atoms with Gasteiger partial charge in [-0.3, -0.25) is 9.59 Å². The summed E-state index contributed by atoms with van der Waals surface area (Å²) in [5, 5.41) is 2.92. The van der Waals surface area contributed by atoms with Gasteiger partial charge in [-0.1, -0.05) is 41.0 Å². The third-order valence-electron chi connectivity index (χ3n) is 3.92. The number of amides is 2. The maximum Gasteiger partial charge on any atom is 0.246 e. The molecular weight excluding hydrogens is 240 g/mol. The van der Waals surface area contributed by atoms with Gasteiger partial charge < -0.3 is 10.2 Å². The number of carbonyl (C=O) groups is 2. The van der Waals surface area contributed by atoms with Crippen molar-refractivity contribution >= 4 is 11.8 Å². The second-order valence-corrected chi connectivity index (χ2v) is 6.61. The van der Waals surface area contributed by atoms with Crippen molar-refractivity contribution in [3.05, 3.63) is 0 Å². The van der Waals surface area contributed by atoms with Gasteiger partial charge in [-0.2, -0.15) is 0 Å². The first kappa shape index (κ1) is 16.0. The second-order valence-electron chi connectivity index (χ2n) is 6.61. The third kappa shape index (κ3) is 3.28. The summed E-state index contributed by atoms with van der Waals surface area (Å²) in [7, 11) is 0. The van der Waals surface area contributed by atoms with Crippen LogP contribution in [0.4, 0.5) is 0 Å². The van der Waals surface area contributed by atoms with Crippen LogP contribution in [0.1, 0.15) is 60.8 Å². The topological polar surface area (TPSA) is 49.4 Å². The fourth-order valence-electron chi connectivity index (χ4n) is 2.58. The van der Waals surface area contributed by atoms with Crippen molar-refractivity contribution in [3.8, 4) is 0 Å². The molecule has 0 bridgehead atoms. The van der Waals surface area contributed by atoms with Crippen LogP contribution < -0.4 is 5.32 Å². The number of carbonyl (C=O) groups excluding carboxylic acids is 2. The molecule has 0 spiro atoms. The molecule has 4 nitrogen and oxygen atoms in total. The van der Waals surface area contributed by atoms with Gasteiger partial charge >= 0.3 is 0 Å². The van der Waals surface area contributed by atoms with E-state index in [2.05, 4.69) is 12.2 Å². The van der Waals surface area contributed by atoms with Crippen molar-refractivity contribution in [1.82, 2.24) is 10.2 Å². The Morgan fingerprint density at radius 1 is 1.26 bits per heavy atom. The zero-order valence-corrected chi connectivity index (χ0v) is 13.1. The van der Waals surface area contributed by atoms with Gasteiger partial charge in [0.25, 0.3) is 0 Å². The molecule has 1 heterocycles. The average molecular weight is 268 g/mol. The molecule has 0 radical (unpaired) electrons. The summed E-state index contributed by atoms with van der Waals surface area (Å²) in [6, 6.07) is -0.604. The number of nitrogens with zero attached hydrogens (tertiary/aromatic N) is 1. The minimum atomic E-state index is -0.415. The highest BCUT2D eigenvalue weighted by atomic mass is 16.2. The number of rotatable bonds is 4. The Bertz CT molecular complexity index is 347. The lowest BCUT2D eigenvalue weighted by atomic mass is 9.83. The molecule has 0 aliphatic carbocycles. The molecule has 1 aliphatic heterocycles. The van der Waals surface area contributed by atoms with Crippen LogP contribution in [0.5, 0.6) is 0 Å². The SMILES string of the molecule is CCCC1C(=O)NC(C(C)(C)C)C(=O)N1C(C)CC. The quantitative estimate of drug-likeness (QED) is 0.850. The maximum absolute atomic E-state index is 12.7. The highest BCUT2D eigenvalue weighted by Crippen LogP contribution is 2.28. The van der Waals surface area contributed by atoms with Crippen LogP contribution in [-0.4, -0.2) is 34.8 Å². The normalized spacial score (nSPS) is 26.3. The zero-order valence-electron chi connectivity index (χ0n) is 13.1. The fourth-order valence-corrected chi connectivity index (χ4v) is 2.58. The van der Waals surface area contributed by atoms with E-state index in [1.165, 1.54) is 0 Å². The summed E-state index contributed by atoms with van der Waals surface area (Å²) in [5.41, 5.74) is -0.254. The van der Waals surface area contributed by atoms with Crippen LogP contribution in [0, 0.1) is 5.41 Å². The lowest BCUT2D eigenvalue weighted by molar-refractivity contribution is -0.155. The first-order chi connectivity index (χ1) is 8.73. The Morgan fingerprint density at radius 2 is 1.84 bits per heavy atom. The number of piperazine rings is 1. The first-order valence-electron chi connectivity index (χ1n) is 7.36. The van der Waals surface area contributed by atoms with Crippen molar-refractivity contribution < 1.29 is 9.59 Å². The van der Waals surface area contributed by atoms with E-state index >= 15 is 0 Å². The standard InChI is InChI=1S/C15H28N2O2/c1-7-9-11-13(18)16-12(15(4,5)6)14(19)17(11)10(3)8-2/h10-12H,7-9H2,1-6H3,(H,16,18). The van der Waals surface area contributed by atoms with E-state index in [-0.39, 0.29) is 29.3 Å². The number of nitrogens with one attached hydrogen (secondary N) is 1. The molecule has 3 unspecified atom stereocenters. The van der Waals surface area contributed by atoms with Crippen LogP contribution in [0.15, 0.2) is 0 Å². The molecule has 0 aromatic carbocycles. The molecule has 1 saturated heterocycles. The van der Waals surface area contributed by atoms with Gasteiger partial charge in [0.05, 0.1) is 0 Å². The smallest absolute Gasteiger partial charge is 0.246 e. The number of hydrogen-bond acceptors (Lipinski definition) is 2. The molecule has 0 aromatic heterocycles. The summed E-state index contributed by atoms with van der Waals surface area (Å²) in [6.07, 6.45) is 2.51. The van der Waals surface area contributed by atoms with E-state index in [0.29, 0.717) is 0 Å². The van der Waals surface area contributed by atoms with Crippen LogP contribution >= 0.6 is 0 Å². The minimum Gasteiger partial charge on any atom is -0.342 e. The molecule has 1 aliphatic rings. The van der Waals surface area contributed by atoms with Crippen molar-refractivity contribution in [2.45, 2.75) is 78.9 Å². The highest BCUT2D eigenvalue weighted by Gasteiger charge is 2.45. The van der Waals surface area contributed by atoms with Gasteiger partial charge in [-0.05, 0) is 25.2 Å². The zero-order chi connectivity index (χ0) is 14.8. The summed E-state index contributed by atoms with van der Waals surface area (Å²) in [4.78, 5) is 26.8. The van der Waals surface area contributed by atoms with Gasteiger partial charge in [-0.25, -0.2) is 0 Å². The summed E-state index contributed by atoms with van der Waals surface area (Å²) < 4.78 is 0. The Balaban J connectivity index is 3.08. The summed E-state index contributed by atoms with van der Waals surface area (Å²) >= 11 is 0. The Hall–Kier alpha value is -1.06. The minimum absolute atomic E-state index is 0.00155. The van der Waals surface area contributed by atoms with Gasteiger partial charge in [0.15, 0.2) is 0 Å².